The number of phenolic OH excluding ortho intramolecular Hbond substituents is 2. The normalized spacial score (nSPS) is 29.0. The van der Waals surface area contributed by atoms with Crippen LogP contribution in [0.4, 0.5) is 0 Å². The average Bonchev–Trinajstić information content (AvgIpc) is 2.54. The van der Waals surface area contributed by atoms with Gasteiger partial charge in [-0.15, -0.1) is 0 Å². The first-order valence-corrected chi connectivity index (χ1v) is 7.22. The zero-order valence-electron chi connectivity index (χ0n) is 13.1. The summed E-state index contributed by atoms with van der Waals surface area (Å²) in [4.78, 5) is 23.3. The van der Waals surface area contributed by atoms with Crippen molar-refractivity contribution in [2.75, 3.05) is 7.11 Å². The van der Waals surface area contributed by atoms with Crippen LogP contribution in [0.25, 0.3) is 0 Å². The monoisotopic (exact) mass is 358 g/mol. The molecule has 1 aliphatic rings. The number of carbonyl (C=O) groups excluding carboxylic acids is 1. The van der Waals surface area contributed by atoms with E-state index in [1.807, 2.05) is 0 Å². The van der Waals surface area contributed by atoms with Crippen molar-refractivity contribution in [2.24, 2.45) is 0 Å². The fourth-order valence-electron chi connectivity index (χ4n) is 2.61. The van der Waals surface area contributed by atoms with Crippen LogP contribution in [0.15, 0.2) is 12.1 Å². The third-order valence-electron chi connectivity index (χ3n) is 4.03. The minimum absolute atomic E-state index is 0.210. The smallest absolute Gasteiger partial charge is 0.338 e. The fourth-order valence-corrected chi connectivity index (χ4v) is 2.61. The van der Waals surface area contributed by atoms with Gasteiger partial charge in [0.25, 0.3) is 0 Å². The first-order chi connectivity index (χ1) is 11.6. The highest BCUT2D eigenvalue weighted by atomic mass is 16.6. The number of carboxylic acids is 1. The van der Waals surface area contributed by atoms with Gasteiger partial charge in [-0.1, -0.05) is 0 Å². The number of methoxy groups -OCH3 is 1. The number of carboxylic acid groups (broad SMARTS) is 1. The summed E-state index contributed by atoms with van der Waals surface area (Å²) in [6.07, 6.45) is -5.97. The summed E-state index contributed by atoms with van der Waals surface area (Å²) in [6, 6.07) is 1.95. The van der Waals surface area contributed by atoms with Crippen LogP contribution in [0.2, 0.25) is 0 Å². The molecule has 1 aromatic rings. The summed E-state index contributed by atoms with van der Waals surface area (Å²) in [6.45, 7) is 0. The van der Waals surface area contributed by atoms with Crippen molar-refractivity contribution >= 4 is 11.9 Å². The maximum Gasteiger partial charge on any atom is 0.338 e. The van der Waals surface area contributed by atoms with Gasteiger partial charge in [0.1, 0.15) is 12.2 Å². The Kier molecular flexibility index (Phi) is 5.07. The number of carbonyl (C=O) groups is 2. The van der Waals surface area contributed by atoms with Crippen molar-refractivity contribution in [3.05, 3.63) is 17.7 Å². The number of phenols is 2. The molecule has 1 fully saturated rings. The topological polar surface area (TPSA) is 174 Å². The Bertz CT molecular complexity index is 687. The second kappa shape index (κ2) is 6.75. The molecule has 10 nitrogen and oxygen atoms in total. The summed E-state index contributed by atoms with van der Waals surface area (Å²) in [5.74, 6) is -4.16. The molecule has 6 N–H and O–H groups in total. The number of aliphatic hydroxyl groups excluding tert-OH is 2. The largest absolute Gasteiger partial charge is 0.504 e. The van der Waals surface area contributed by atoms with Gasteiger partial charge in [-0.2, -0.15) is 0 Å². The van der Waals surface area contributed by atoms with E-state index in [2.05, 4.69) is 0 Å². The zero-order valence-corrected chi connectivity index (χ0v) is 13.1. The number of aliphatic hydroxyl groups is 3. The summed E-state index contributed by atoms with van der Waals surface area (Å²) in [5, 5.41) is 57.8. The van der Waals surface area contributed by atoms with E-state index in [-0.39, 0.29) is 11.3 Å². The Hall–Kier alpha value is -2.56. The zero-order chi connectivity index (χ0) is 18.9. The fraction of sp³-hybridized carbons (Fsp3) is 0.467. The lowest BCUT2D eigenvalue weighted by molar-refractivity contribution is -0.187. The minimum atomic E-state index is -2.36. The van der Waals surface area contributed by atoms with E-state index in [9.17, 15) is 35.1 Å². The molecule has 0 radical (unpaired) electrons. The quantitative estimate of drug-likeness (QED) is 0.288. The van der Waals surface area contributed by atoms with Gasteiger partial charge < -0.3 is 40.1 Å². The summed E-state index contributed by atoms with van der Waals surface area (Å²) >= 11 is 0. The van der Waals surface area contributed by atoms with Crippen molar-refractivity contribution < 1.29 is 49.7 Å². The number of benzene rings is 1. The van der Waals surface area contributed by atoms with Crippen LogP contribution in [0, 0.1) is 0 Å². The number of esters is 1. The Labute approximate surface area is 141 Å². The molecule has 0 bridgehead atoms. The third kappa shape index (κ3) is 3.60. The van der Waals surface area contributed by atoms with Crippen LogP contribution in [-0.2, 0) is 9.53 Å². The van der Waals surface area contributed by atoms with E-state index in [0.717, 1.165) is 12.1 Å². The maximum absolute atomic E-state index is 12.2. The van der Waals surface area contributed by atoms with Crippen LogP contribution in [-0.4, -0.2) is 73.6 Å². The molecule has 0 amide bonds. The standard InChI is InChI=1S/C15H18O10/c1-24-9-3-6(2-7(16)11(9)18)13(20)25-10-5-15(23,14(21)22)4-8(17)12(10)19/h2-3,8,10,12,16-19,23H,4-5H2,1H3,(H,21,22)/t8-,10+,12+,15-/m1/s1. The summed E-state index contributed by atoms with van der Waals surface area (Å²) in [5.41, 5.74) is -2.61. The molecule has 0 aliphatic heterocycles. The second-order valence-corrected chi connectivity index (χ2v) is 5.79. The Morgan fingerprint density at radius 3 is 2.40 bits per heavy atom. The van der Waals surface area contributed by atoms with Crippen LogP contribution in [0.1, 0.15) is 23.2 Å². The predicted molar refractivity (Wildman–Crippen MR) is 79.4 cm³/mol. The molecule has 10 heteroatoms. The molecule has 1 aliphatic carbocycles. The molecular weight excluding hydrogens is 340 g/mol. The Morgan fingerprint density at radius 1 is 1.20 bits per heavy atom. The molecule has 0 spiro atoms. The lowest BCUT2D eigenvalue weighted by Crippen LogP contribution is -2.57. The predicted octanol–water partition coefficient (Wildman–Crippen LogP) is -1.04. The molecule has 1 saturated carbocycles. The molecule has 0 heterocycles. The van der Waals surface area contributed by atoms with E-state index in [1.54, 1.807) is 0 Å². The number of aromatic hydroxyl groups is 2. The molecule has 25 heavy (non-hydrogen) atoms. The van der Waals surface area contributed by atoms with Crippen molar-refractivity contribution in [3.8, 4) is 17.2 Å². The van der Waals surface area contributed by atoms with Gasteiger partial charge in [0.05, 0.1) is 18.8 Å². The van der Waals surface area contributed by atoms with E-state index >= 15 is 0 Å². The van der Waals surface area contributed by atoms with Gasteiger partial charge in [0.2, 0.25) is 5.75 Å². The minimum Gasteiger partial charge on any atom is -0.504 e. The second-order valence-electron chi connectivity index (χ2n) is 5.79. The van der Waals surface area contributed by atoms with Crippen molar-refractivity contribution in [1.29, 1.82) is 0 Å². The highest BCUT2D eigenvalue weighted by Crippen LogP contribution is 2.37. The van der Waals surface area contributed by atoms with Crippen LogP contribution in [0.3, 0.4) is 0 Å². The molecule has 0 unspecified atom stereocenters. The van der Waals surface area contributed by atoms with Crippen molar-refractivity contribution in [3.63, 3.8) is 0 Å². The Balaban J connectivity index is 2.24. The highest BCUT2D eigenvalue weighted by molar-refractivity contribution is 5.91. The molecule has 1 aromatic carbocycles. The maximum atomic E-state index is 12.2. The molecule has 4 atom stereocenters. The van der Waals surface area contributed by atoms with E-state index < -0.39 is 60.2 Å². The number of rotatable bonds is 4. The molecule has 0 aromatic heterocycles. The van der Waals surface area contributed by atoms with Crippen LogP contribution < -0.4 is 4.74 Å². The van der Waals surface area contributed by atoms with Gasteiger partial charge in [-0.25, -0.2) is 9.59 Å². The molecule has 138 valence electrons. The SMILES string of the molecule is COc1cc(C(=O)O[C@H]2C[C@@](O)(C(=O)O)C[C@@H](O)[C@@H]2O)cc(O)c1O. The number of hydrogen-bond donors (Lipinski definition) is 6. The van der Waals surface area contributed by atoms with Crippen LogP contribution >= 0.6 is 0 Å². The van der Waals surface area contributed by atoms with E-state index in [0.29, 0.717) is 0 Å². The van der Waals surface area contributed by atoms with E-state index in [4.69, 9.17) is 14.6 Å². The van der Waals surface area contributed by atoms with Crippen molar-refractivity contribution in [1.82, 2.24) is 0 Å². The molecular formula is C15H18O10. The number of aliphatic carboxylic acids is 1. The molecule has 0 saturated heterocycles. The van der Waals surface area contributed by atoms with Gasteiger partial charge >= 0.3 is 11.9 Å². The van der Waals surface area contributed by atoms with Gasteiger partial charge in [0.15, 0.2) is 17.1 Å². The van der Waals surface area contributed by atoms with Gasteiger partial charge in [-0.05, 0) is 12.1 Å². The van der Waals surface area contributed by atoms with Crippen molar-refractivity contribution in [2.45, 2.75) is 36.8 Å². The third-order valence-corrected chi connectivity index (χ3v) is 4.03. The number of ether oxygens (including phenoxy) is 2. The van der Waals surface area contributed by atoms with Gasteiger partial charge in [-0.3, -0.25) is 0 Å². The lowest BCUT2D eigenvalue weighted by Gasteiger charge is -2.39. The summed E-state index contributed by atoms with van der Waals surface area (Å²) < 4.78 is 9.76. The first kappa shape index (κ1) is 18.8. The summed E-state index contributed by atoms with van der Waals surface area (Å²) in [7, 11) is 1.19. The van der Waals surface area contributed by atoms with E-state index in [1.165, 1.54) is 7.11 Å². The highest BCUT2D eigenvalue weighted by Gasteiger charge is 2.50. The first-order valence-electron chi connectivity index (χ1n) is 7.22. The Morgan fingerprint density at radius 2 is 1.84 bits per heavy atom. The van der Waals surface area contributed by atoms with Crippen LogP contribution in [0.5, 0.6) is 17.2 Å². The number of hydrogen-bond acceptors (Lipinski definition) is 9. The molecule has 2 rings (SSSR count). The van der Waals surface area contributed by atoms with Gasteiger partial charge in [0, 0.05) is 12.8 Å². The average molecular weight is 358 g/mol. The lowest BCUT2D eigenvalue weighted by atomic mass is 9.79.